The smallest absolute Gasteiger partial charge is 0.250 e. The lowest BCUT2D eigenvalue weighted by Gasteiger charge is -2.09. The quantitative estimate of drug-likeness (QED) is 0.335. The average molecular weight is 505 g/mol. The van der Waals surface area contributed by atoms with Crippen molar-refractivity contribution in [2.75, 3.05) is 12.4 Å². The number of benzene rings is 2. The van der Waals surface area contributed by atoms with Crippen molar-refractivity contribution in [3.05, 3.63) is 111 Å². The van der Waals surface area contributed by atoms with Crippen molar-refractivity contribution in [1.29, 1.82) is 0 Å². The Balaban J connectivity index is 1.30. The molecule has 3 heterocycles. The Morgan fingerprint density at radius 1 is 1.00 bits per heavy atom. The van der Waals surface area contributed by atoms with E-state index in [4.69, 9.17) is 16.3 Å². The zero-order chi connectivity index (χ0) is 25.1. The highest BCUT2D eigenvalue weighted by molar-refractivity contribution is 6.30. The van der Waals surface area contributed by atoms with Crippen LogP contribution in [0.2, 0.25) is 5.02 Å². The Labute approximate surface area is 211 Å². The Bertz CT molecular complexity index is 1580. The molecule has 10 heteroatoms. The molecule has 3 aromatic heterocycles. The van der Waals surface area contributed by atoms with E-state index >= 15 is 0 Å². The lowest BCUT2D eigenvalue weighted by atomic mass is 10.1. The minimum absolute atomic E-state index is 0.105. The van der Waals surface area contributed by atoms with Gasteiger partial charge in [-0.3, -0.25) is 9.48 Å². The van der Waals surface area contributed by atoms with Crippen molar-refractivity contribution >= 4 is 28.5 Å². The van der Waals surface area contributed by atoms with Crippen LogP contribution in [-0.4, -0.2) is 31.4 Å². The lowest BCUT2D eigenvalue weighted by Crippen LogP contribution is -2.18. The number of nitrogens with zero attached hydrogens (tertiary/aromatic N) is 5. The molecule has 5 rings (SSSR count). The van der Waals surface area contributed by atoms with Crippen molar-refractivity contribution in [3.63, 3.8) is 0 Å². The first-order chi connectivity index (χ1) is 17.5. The first kappa shape index (κ1) is 23.5. The van der Waals surface area contributed by atoms with Crippen LogP contribution in [0.1, 0.15) is 16.7 Å². The van der Waals surface area contributed by atoms with Crippen molar-refractivity contribution in [2.45, 2.75) is 19.6 Å². The largest absolute Gasteiger partial charge is 0.494 e. The van der Waals surface area contributed by atoms with Gasteiger partial charge >= 0.3 is 0 Å². The van der Waals surface area contributed by atoms with Gasteiger partial charge in [-0.15, -0.1) is 0 Å². The summed E-state index contributed by atoms with van der Waals surface area (Å²) in [5.41, 5.74) is 2.91. The van der Waals surface area contributed by atoms with Gasteiger partial charge in [-0.05, 0) is 23.3 Å². The van der Waals surface area contributed by atoms with Crippen LogP contribution in [-0.2, 0) is 19.6 Å². The molecule has 0 aliphatic carbocycles. The van der Waals surface area contributed by atoms with Crippen LogP contribution in [0.3, 0.4) is 0 Å². The Morgan fingerprint density at radius 3 is 2.56 bits per heavy atom. The van der Waals surface area contributed by atoms with Gasteiger partial charge in [0.05, 0.1) is 30.6 Å². The van der Waals surface area contributed by atoms with E-state index in [2.05, 4.69) is 20.4 Å². The van der Waals surface area contributed by atoms with E-state index in [0.717, 1.165) is 16.5 Å². The topological polar surface area (TPSA) is 86.9 Å². The average Bonchev–Trinajstić information content (AvgIpc) is 3.30. The summed E-state index contributed by atoms with van der Waals surface area (Å²) < 4.78 is 22.9. The molecule has 0 amide bonds. The number of ether oxygens (including phenoxy) is 1. The van der Waals surface area contributed by atoms with Gasteiger partial charge in [0, 0.05) is 30.6 Å². The third kappa shape index (κ3) is 5.06. The molecule has 8 nitrogen and oxygen atoms in total. The summed E-state index contributed by atoms with van der Waals surface area (Å²) in [6, 6.07) is 16.0. The van der Waals surface area contributed by atoms with Crippen LogP contribution in [0.5, 0.6) is 5.75 Å². The molecular weight excluding hydrogens is 483 g/mol. The zero-order valence-electron chi connectivity index (χ0n) is 19.4. The van der Waals surface area contributed by atoms with Crippen LogP contribution in [0, 0.1) is 5.82 Å². The molecular formula is C26H22ClFN6O2. The molecule has 0 aliphatic rings. The second kappa shape index (κ2) is 10.2. The highest BCUT2D eigenvalue weighted by Gasteiger charge is 2.12. The number of pyridine rings is 1. The highest BCUT2D eigenvalue weighted by atomic mass is 35.5. The first-order valence-corrected chi connectivity index (χ1v) is 11.5. The Morgan fingerprint density at radius 2 is 1.78 bits per heavy atom. The first-order valence-electron chi connectivity index (χ1n) is 11.2. The molecule has 2 aromatic carbocycles. The number of aromatic nitrogens is 5. The van der Waals surface area contributed by atoms with Crippen LogP contribution in [0.4, 0.5) is 10.2 Å². The standard InChI is InChI=1S/C26H22ClFN6O2/c1-36-22-4-2-3-19(24(22)28)11-29-25-21-15-34(32-26(21)31-16-30-25)13-18-7-5-17(6-8-18)12-33-14-20(27)9-10-23(33)35/h2-10,14-16H,11-13H2,1H3,(H,29,30,31,32). The maximum absolute atomic E-state index is 14.5. The maximum atomic E-state index is 14.5. The molecule has 0 radical (unpaired) electrons. The molecule has 0 bridgehead atoms. The predicted molar refractivity (Wildman–Crippen MR) is 136 cm³/mol. The van der Waals surface area contributed by atoms with Gasteiger partial charge < -0.3 is 14.6 Å². The summed E-state index contributed by atoms with van der Waals surface area (Å²) in [6.45, 7) is 1.19. The molecule has 5 aromatic rings. The molecule has 0 spiro atoms. The van der Waals surface area contributed by atoms with E-state index in [1.54, 1.807) is 39.7 Å². The molecule has 0 saturated carbocycles. The number of anilines is 1. The van der Waals surface area contributed by atoms with E-state index in [-0.39, 0.29) is 17.9 Å². The molecule has 0 unspecified atom stereocenters. The van der Waals surface area contributed by atoms with E-state index in [1.165, 1.54) is 19.5 Å². The maximum Gasteiger partial charge on any atom is 0.250 e. The number of halogens is 2. The number of nitrogens with one attached hydrogen (secondary N) is 1. The van der Waals surface area contributed by atoms with E-state index in [1.807, 2.05) is 30.5 Å². The van der Waals surface area contributed by atoms with Crippen LogP contribution >= 0.6 is 11.6 Å². The van der Waals surface area contributed by atoms with Gasteiger partial charge in [-0.2, -0.15) is 5.10 Å². The second-order valence-electron chi connectivity index (χ2n) is 8.20. The van der Waals surface area contributed by atoms with Gasteiger partial charge in [0.15, 0.2) is 17.2 Å². The van der Waals surface area contributed by atoms with E-state index in [9.17, 15) is 9.18 Å². The van der Waals surface area contributed by atoms with Crippen molar-refractivity contribution in [2.24, 2.45) is 0 Å². The molecule has 182 valence electrons. The fourth-order valence-electron chi connectivity index (χ4n) is 3.90. The summed E-state index contributed by atoms with van der Waals surface area (Å²) in [5, 5.41) is 8.98. The molecule has 36 heavy (non-hydrogen) atoms. The zero-order valence-corrected chi connectivity index (χ0v) is 20.1. The summed E-state index contributed by atoms with van der Waals surface area (Å²) in [5.74, 6) is 0.355. The van der Waals surface area contributed by atoms with Crippen molar-refractivity contribution < 1.29 is 9.13 Å². The molecule has 0 saturated heterocycles. The van der Waals surface area contributed by atoms with Crippen molar-refractivity contribution in [1.82, 2.24) is 24.3 Å². The SMILES string of the molecule is COc1cccc(CNc2ncnc3nn(Cc4ccc(Cn5cc(Cl)ccc5=O)cc4)cc23)c1F. The van der Waals surface area contributed by atoms with Crippen molar-refractivity contribution in [3.8, 4) is 5.75 Å². The summed E-state index contributed by atoms with van der Waals surface area (Å²) in [7, 11) is 1.44. The number of fused-ring (bicyclic) bond motifs is 1. The Hall–Kier alpha value is -4.24. The van der Waals surface area contributed by atoms with Gasteiger partial charge in [-0.25, -0.2) is 14.4 Å². The Kier molecular flexibility index (Phi) is 6.64. The highest BCUT2D eigenvalue weighted by Crippen LogP contribution is 2.23. The van der Waals surface area contributed by atoms with Crippen LogP contribution < -0.4 is 15.6 Å². The number of hydrogen-bond donors (Lipinski definition) is 1. The number of methoxy groups -OCH3 is 1. The minimum atomic E-state index is -0.405. The van der Waals surface area contributed by atoms with Crippen LogP contribution in [0.15, 0.2) is 78.1 Å². The van der Waals surface area contributed by atoms with Gasteiger partial charge in [0.2, 0.25) is 0 Å². The second-order valence-corrected chi connectivity index (χ2v) is 8.64. The minimum Gasteiger partial charge on any atom is -0.494 e. The van der Waals surface area contributed by atoms with Crippen LogP contribution in [0.25, 0.3) is 11.0 Å². The fourth-order valence-corrected chi connectivity index (χ4v) is 4.08. The summed E-state index contributed by atoms with van der Waals surface area (Å²) in [4.78, 5) is 20.6. The third-order valence-electron chi connectivity index (χ3n) is 5.74. The third-order valence-corrected chi connectivity index (χ3v) is 5.97. The van der Waals surface area contributed by atoms with E-state index < -0.39 is 5.82 Å². The monoisotopic (exact) mass is 504 g/mol. The molecule has 0 atom stereocenters. The van der Waals surface area contributed by atoms with Gasteiger partial charge in [-0.1, -0.05) is 48.0 Å². The fraction of sp³-hybridized carbons (Fsp3) is 0.154. The van der Waals surface area contributed by atoms with Gasteiger partial charge in [0.25, 0.3) is 5.56 Å². The van der Waals surface area contributed by atoms with E-state index in [0.29, 0.717) is 35.1 Å². The molecule has 0 fully saturated rings. The number of rotatable bonds is 8. The predicted octanol–water partition coefficient (Wildman–Crippen LogP) is 4.50. The molecule has 0 aliphatic heterocycles. The normalized spacial score (nSPS) is 11.1. The molecule has 1 N–H and O–H groups in total. The summed E-state index contributed by atoms with van der Waals surface area (Å²) in [6.07, 6.45) is 4.91. The van der Waals surface area contributed by atoms with Gasteiger partial charge in [0.1, 0.15) is 12.1 Å². The lowest BCUT2D eigenvalue weighted by molar-refractivity contribution is 0.384. The number of hydrogen-bond acceptors (Lipinski definition) is 6. The summed E-state index contributed by atoms with van der Waals surface area (Å²) >= 11 is 6.01.